The average molecular weight is 397 g/mol. The molecule has 2 aromatic carbocycles. The Kier molecular flexibility index (Phi) is 5.75. The highest BCUT2D eigenvalue weighted by Crippen LogP contribution is 2.32. The van der Waals surface area contributed by atoms with Gasteiger partial charge in [0, 0.05) is 48.5 Å². The van der Waals surface area contributed by atoms with Crippen LogP contribution in [0, 0.1) is 0 Å². The standard InChI is InChI=1S/C24H29ClN2O/c1-3-24(28)27-18-8-9-19(27)16-26(15-13-18)14-12-17(2)20-10-11-23(25)22-7-5-4-6-21(20)22/h4-7,10-12,18-19H,3,8-9,13-16H2,1-2H3/b17-12+. The summed E-state index contributed by atoms with van der Waals surface area (Å²) in [4.78, 5) is 17.1. The molecular formula is C24H29ClN2O. The minimum absolute atomic E-state index is 0.328. The van der Waals surface area contributed by atoms with Crippen LogP contribution in [0.4, 0.5) is 0 Å². The quantitative estimate of drug-likeness (QED) is 0.693. The lowest BCUT2D eigenvalue weighted by Crippen LogP contribution is -2.42. The first kappa shape index (κ1) is 19.5. The van der Waals surface area contributed by atoms with Crippen molar-refractivity contribution in [2.75, 3.05) is 19.6 Å². The van der Waals surface area contributed by atoms with Gasteiger partial charge in [0.15, 0.2) is 0 Å². The number of halogens is 1. The van der Waals surface area contributed by atoms with E-state index in [1.165, 1.54) is 22.9 Å². The summed E-state index contributed by atoms with van der Waals surface area (Å²) < 4.78 is 0. The van der Waals surface area contributed by atoms with Gasteiger partial charge in [0.2, 0.25) is 5.91 Å². The van der Waals surface area contributed by atoms with Crippen LogP contribution in [-0.4, -0.2) is 47.4 Å². The highest BCUT2D eigenvalue weighted by Gasteiger charge is 2.38. The number of allylic oxidation sites excluding steroid dienone is 1. The molecule has 2 saturated heterocycles. The number of carbonyl (C=O) groups excluding carboxylic acids is 1. The van der Waals surface area contributed by atoms with Crippen LogP contribution in [-0.2, 0) is 4.79 Å². The van der Waals surface area contributed by atoms with E-state index in [0.717, 1.165) is 42.9 Å². The zero-order chi connectivity index (χ0) is 19.7. The Bertz CT molecular complexity index is 907. The highest BCUT2D eigenvalue weighted by molar-refractivity contribution is 6.35. The van der Waals surface area contributed by atoms with Gasteiger partial charge in [-0.25, -0.2) is 0 Å². The van der Waals surface area contributed by atoms with Crippen LogP contribution >= 0.6 is 11.6 Å². The summed E-state index contributed by atoms with van der Waals surface area (Å²) in [6, 6.07) is 13.3. The van der Waals surface area contributed by atoms with Crippen LogP contribution in [0.1, 0.15) is 45.1 Å². The molecule has 3 nitrogen and oxygen atoms in total. The van der Waals surface area contributed by atoms with Crippen molar-refractivity contribution in [2.24, 2.45) is 0 Å². The number of rotatable bonds is 4. The van der Waals surface area contributed by atoms with Gasteiger partial charge < -0.3 is 4.90 Å². The molecule has 2 fully saturated rings. The monoisotopic (exact) mass is 396 g/mol. The van der Waals surface area contributed by atoms with Crippen molar-refractivity contribution in [3.05, 3.63) is 53.1 Å². The number of amides is 1. The van der Waals surface area contributed by atoms with Crippen molar-refractivity contribution in [1.82, 2.24) is 9.80 Å². The fourth-order valence-corrected chi connectivity index (χ4v) is 5.11. The van der Waals surface area contributed by atoms with Gasteiger partial charge in [-0.15, -0.1) is 0 Å². The minimum atomic E-state index is 0.328. The summed E-state index contributed by atoms with van der Waals surface area (Å²) in [5.74, 6) is 0.328. The van der Waals surface area contributed by atoms with E-state index in [1.807, 2.05) is 19.1 Å². The van der Waals surface area contributed by atoms with Gasteiger partial charge in [-0.3, -0.25) is 9.69 Å². The van der Waals surface area contributed by atoms with Crippen molar-refractivity contribution in [1.29, 1.82) is 0 Å². The fourth-order valence-electron chi connectivity index (χ4n) is 4.88. The molecule has 2 bridgehead atoms. The van der Waals surface area contributed by atoms with Crippen LogP contribution in [0.5, 0.6) is 0 Å². The van der Waals surface area contributed by atoms with E-state index in [9.17, 15) is 4.79 Å². The van der Waals surface area contributed by atoms with E-state index in [1.54, 1.807) is 0 Å². The molecule has 0 spiro atoms. The molecule has 2 aliphatic heterocycles. The van der Waals surface area contributed by atoms with Crippen LogP contribution in [0.3, 0.4) is 0 Å². The first-order valence-electron chi connectivity index (χ1n) is 10.5. The van der Waals surface area contributed by atoms with Gasteiger partial charge in [0.1, 0.15) is 0 Å². The molecule has 2 aromatic rings. The molecular weight excluding hydrogens is 368 g/mol. The minimum Gasteiger partial charge on any atom is -0.335 e. The summed E-state index contributed by atoms with van der Waals surface area (Å²) in [6.07, 6.45) is 6.38. The predicted octanol–water partition coefficient (Wildman–Crippen LogP) is 5.37. The molecule has 28 heavy (non-hydrogen) atoms. The molecule has 4 rings (SSSR count). The summed E-state index contributed by atoms with van der Waals surface area (Å²) in [5.41, 5.74) is 2.53. The lowest BCUT2D eigenvalue weighted by molar-refractivity contribution is -0.133. The summed E-state index contributed by atoms with van der Waals surface area (Å²) in [7, 11) is 0. The Morgan fingerprint density at radius 1 is 1.11 bits per heavy atom. The third-order valence-corrected chi connectivity index (χ3v) is 6.74. The zero-order valence-electron chi connectivity index (χ0n) is 16.8. The van der Waals surface area contributed by atoms with E-state index in [0.29, 0.717) is 24.4 Å². The number of hydrogen-bond donors (Lipinski definition) is 0. The smallest absolute Gasteiger partial charge is 0.222 e. The van der Waals surface area contributed by atoms with Gasteiger partial charge in [-0.1, -0.05) is 54.9 Å². The first-order chi connectivity index (χ1) is 13.6. The van der Waals surface area contributed by atoms with E-state index in [2.05, 4.69) is 47.1 Å². The summed E-state index contributed by atoms with van der Waals surface area (Å²) >= 11 is 6.38. The van der Waals surface area contributed by atoms with Crippen LogP contribution in [0.15, 0.2) is 42.5 Å². The number of nitrogens with zero attached hydrogens (tertiary/aromatic N) is 2. The third kappa shape index (κ3) is 3.70. The molecule has 0 aliphatic carbocycles. The second-order valence-corrected chi connectivity index (χ2v) is 8.52. The average Bonchev–Trinajstić information content (AvgIpc) is 3.01. The maximum atomic E-state index is 12.4. The molecule has 2 atom stereocenters. The lowest BCUT2D eigenvalue weighted by Gasteiger charge is -2.28. The van der Waals surface area contributed by atoms with Crippen LogP contribution in [0.2, 0.25) is 5.02 Å². The number of fused-ring (bicyclic) bond motifs is 3. The first-order valence-corrected chi connectivity index (χ1v) is 10.8. The van der Waals surface area contributed by atoms with Gasteiger partial charge >= 0.3 is 0 Å². The van der Waals surface area contributed by atoms with Crippen molar-refractivity contribution in [3.63, 3.8) is 0 Å². The van der Waals surface area contributed by atoms with E-state index in [-0.39, 0.29) is 0 Å². The van der Waals surface area contributed by atoms with Crippen molar-refractivity contribution in [2.45, 2.75) is 51.6 Å². The van der Waals surface area contributed by atoms with Crippen LogP contribution in [0.25, 0.3) is 16.3 Å². The van der Waals surface area contributed by atoms with Crippen LogP contribution < -0.4 is 0 Å². The maximum absolute atomic E-state index is 12.4. The number of carbonyl (C=O) groups is 1. The van der Waals surface area contributed by atoms with Gasteiger partial charge in [-0.05, 0) is 48.8 Å². The fraction of sp³-hybridized carbons (Fsp3) is 0.458. The number of likely N-dealkylation sites (tertiary alicyclic amines) is 1. The Morgan fingerprint density at radius 2 is 1.86 bits per heavy atom. The molecule has 1 amide bonds. The number of hydrogen-bond acceptors (Lipinski definition) is 2. The zero-order valence-corrected chi connectivity index (χ0v) is 17.6. The molecule has 4 heteroatoms. The highest BCUT2D eigenvalue weighted by atomic mass is 35.5. The molecule has 0 saturated carbocycles. The Morgan fingerprint density at radius 3 is 2.64 bits per heavy atom. The predicted molar refractivity (Wildman–Crippen MR) is 118 cm³/mol. The Hall–Kier alpha value is -1.84. The summed E-state index contributed by atoms with van der Waals surface area (Å²) in [5, 5.41) is 3.12. The normalized spacial score (nSPS) is 23.2. The SMILES string of the molecule is CCC(=O)N1C2CCC1CN(C/C=C(\C)c1ccc(Cl)c3ccccc13)CC2. The third-order valence-electron chi connectivity index (χ3n) is 6.41. The molecule has 0 N–H and O–H groups in total. The second-order valence-electron chi connectivity index (χ2n) is 8.12. The van der Waals surface area contributed by atoms with E-state index < -0.39 is 0 Å². The summed E-state index contributed by atoms with van der Waals surface area (Å²) in [6.45, 7) is 7.16. The second kappa shape index (κ2) is 8.26. The number of benzene rings is 2. The maximum Gasteiger partial charge on any atom is 0.222 e. The van der Waals surface area contributed by atoms with E-state index in [4.69, 9.17) is 11.6 Å². The molecule has 0 radical (unpaired) electrons. The largest absolute Gasteiger partial charge is 0.335 e. The molecule has 2 unspecified atom stereocenters. The van der Waals surface area contributed by atoms with Gasteiger partial charge in [-0.2, -0.15) is 0 Å². The molecule has 2 aliphatic rings. The molecule has 2 heterocycles. The van der Waals surface area contributed by atoms with Crippen molar-refractivity contribution < 1.29 is 4.79 Å². The lowest BCUT2D eigenvalue weighted by atomic mass is 9.99. The van der Waals surface area contributed by atoms with Crippen molar-refractivity contribution in [3.8, 4) is 0 Å². The van der Waals surface area contributed by atoms with E-state index >= 15 is 0 Å². The molecule has 148 valence electrons. The van der Waals surface area contributed by atoms with Gasteiger partial charge in [0.25, 0.3) is 0 Å². The van der Waals surface area contributed by atoms with Gasteiger partial charge in [0.05, 0.1) is 0 Å². The topological polar surface area (TPSA) is 23.6 Å². The Balaban J connectivity index is 1.51. The Labute approximate surface area is 173 Å². The van der Waals surface area contributed by atoms with Crippen molar-refractivity contribution >= 4 is 33.9 Å². The molecule has 0 aromatic heterocycles.